The van der Waals surface area contributed by atoms with Gasteiger partial charge < -0.3 is 10.2 Å². The molecule has 3 rings (SSSR count). The van der Waals surface area contributed by atoms with E-state index in [2.05, 4.69) is 23.5 Å². The lowest BCUT2D eigenvalue weighted by Gasteiger charge is -2.26. The number of hydrogen-bond acceptors (Lipinski definition) is 2. The van der Waals surface area contributed by atoms with Gasteiger partial charge in [-0.25, -0.2) is 0 Å². The van der Waals surface area contributed by atoms with E-state index in [0.717, 1.165) is 38.0 Å². The zero-order valence-corrected chi connectivity index (χ0v) is 12.8. The number of para-hydroxylation sites is 1. The molecule has 21 heavy (non-hydrogen) atoms. The summed E-state index contributed by atoms with van der Waals surface area (Å²) in [5.41, 5.74) is 2.48. The van der Waals surface area contributed by atoms with Gasteiger partial charge in [0.1, 0.15) is 0 Å². The second kappa shape index (κ2) is 7.08. The smallest absolute Gasteiger partial charge is 0.227 e. The third-order valence-corrected chi connectivity index (χ3v) is 4.78. The van der Waals surface area contributed by atoms with E-state index in [9.17, 15) is 4.79 Å². The summed E-state index contributed by atoms with van der Waals surface area (Å²) >= 11 is 0. The lowest BCUT2D eigenvalue weighted by atomic mass is 10.00. The number of amides is 1. The Bertz CT molecular complexity index is 480. The Kier molecular flexibility index (Phi) is 4.91. The second-order valence-electron chi connectivity index (χ2n) is 6.32. The average Bonchev–Trinajstić information content (AvgIpc) is 2.76. The molecule has 0 aromatic heterocycles. The van der Waals surface area contributed by atoms with Crippen molar-refractivity contribution in [2.24, 2.45) is 0 Å². The van der Waals surface area contributed by atoms with Crippen LogP contribution in [0.4, 0.5) is 5.69 Å². The first kappa shape index (κ1) is 14.6. The van der Waals surface area contributed by atoms with Crippen LogP contribution in [0.1, 0.15) is 50.5 Å². The molecule has 1 N–H and O–H groups in total. The fourth-order valence-corrected chi connectivity index (χ4v) is 3.55. The van der Waals surface area contributed by atoms with E-state index in [4.69, 9.17) is 0 Å². The number of fused-ring (bicyclic) bond motifs is 1. The first-order valence-corrected chi connectivity index (χ1v) is 8.46. The van der Waals surface area contributed by atoms with Crippen LogP contribution in [0.25, 0.3) is 0 Å². The van der Waals surface area contributed by atoms with Gasteiger partial charge >= 0.3 is 0 Å². The van der Waals surface area contributed by atoms with Gasteiger partial charge in [0.15, 0.2) is 0 Å². The number of carbonyl (C=O) groups excluding carboxylic acids is 1. The van der Waals surface area contributed by atoms with Crippen molar-refractivity contribution in [3.8, 4) is 0 Å². The fraction of sp³-hybridized carbons (Fsp3) is 0.611. The molecule has 0 aliphatic carbocycles. The third kappa shape index (κ3) is 3.65. The standard InChI is InChI=1S/C18H26N2O/c21-18(12-11-16-9-3-5-13-19-16)20-14-6-4-8-15-7-1-2-10-17(15)20/h1-2,7,10,16,19H,3-6,8-9,11-14H2. The zero-order chi connectivity index (χ0) is 14.5. The summed E-state index contributed by atoms with van der Waals surface area (Å²) in [5, 5.41) is 3.54. The molecule has 2 aliphatic heterocycles. The first-order valence-electron chi connectivity index (χ1n) is 8.46. The van der Waals surface area contributed by atoms with Crippen LogP contribution in [-0.4, -0.2) is 25.0 Å². The molecule has 0 bridgehead atoms. The minimum absolute atomic E-state index is 0.303. The van der Waals surface area contributed by atoms with Crippen LogP contribution in [0, 0.1) is 0 Å². The molecular formula is C18H26N2O. The molecule has 1 atom stereocenters. The number of piperidine rings is 1. The molecule has 1 saturated heterocycles. The number of rotatable bonds is 3. The number of benzene rings is 1. The van der Waals surface area contributed by atoms with Crippen molar-refractivity contribution in [1.82, 2.24) is 5.32 Å². The van der Waals surface area contributed by atoms with E-state index in [1.54, 1.807) is 0 Å². The Labute approximate surface area is 127 Å². The summed E-state index contributed by atoms with van der Waals surface area (Å²) in [6, 6.07) is 8.96. The SMILES string of the molecule is O=C(CCC1CCCCN1)N1CCCCc2ccccc21. The van der Waals surface area contributed by atoms with Crippen LogP contribution >= 0.6 is 0 Å². The molecule has 0 saturated carbocycles. The van der Waals surface area contributed by atoms with E-state index in [-0.39, 0.29) is 0 Å². The summed E-state index contributed by atoms with van der Waals surface area (Å²) in [5.74, 6) is 0.303. The fourth-order valence-electron chi connectivity index (χ4n) is 3.55. The van der Waals surface area contributed by atoms with Crippen molar-refractivity contribution in [2.75, 3.05) is 18.0 Å². The van der Waals surface area contributed by atoms with Crippen LogP contribution in [0.2, 0.25) is 0 Å². The molecule has 1 amide bonds. The third-order valence-electron chi connectivity index (χ3n) is 4.78. The van der Waals surface area contributed by atoms with Crippen molar-refractivity contribution in [1.29, 1.82) is 0 Å². The number of nitrogens with zero attached hydrogens (tertiary/aromatic N) is 1. The van der Waals surface area contributed by atoms with Crippen LogP contribution in [0.3, 0.4) is 0 Å². The normalized spacial score (nSPS) is 22.5. The topological polar surface area (TPSA) is 32.3 Å². The molecule has 1 fully saturated rings. The van der Waals surface area contributed by atoms with Gasteiger partial charge in [-0.1, -0.05) is 24.6 Å². The number of nitrogens with one attached hydrogen (secondary N) is 1. The molecule has 1 aromatic rings. The number of anilines is 1. The van der Waals surface area contributed by atoms with Gasteiger partial charge in [0.2, 0.25) is 5.91 Å². The Morgan fingerprint density at radius 2 is 2.10 bits per heavy atom. The summed E-state index contributed by atoms with van der Waals surface area (Å²) in [6.45, 7) is 2.00. The molecule has 2 heterocycles. The van der Waals surface area contributed by atoms with E-state index in [1.165, 1.54) is 31.2 Å². The lowest BCUT2D eigenvalue weighted by Crippen LogP contribution is -2.37. The summed E-state index contributed by atoms with van der Waals surface area (Å²) in [6.07, 6.45) is 8.87. The van der Waals surface area contributed by atoms with Gasteiger partial charge in [0, 0.05) is 24.7 Å². The minimum atomic E-state index is 0.303. The maximum atomic E-state index is 12.7. The maximum Gasteiger partial charge on any atom is 0.227 e. The zero-order valence-electron chi connectivity index (χ0n) is 12.8. The Morgan fingerprint density at radius 1 is 1.19 bits per heavy atom. The molecule has 1 aromatic carbocycles. The Morgan fingerprint density at radius 3 is 2.95 bits per heavy atom. The number of aryl methyl sites for hydroxylation is 1. The van der Waals surface area contributed by atoms with Gasteiger partial charge in [-0.15, -0.1) is 0 Å². The van der Waals surface area contributed by atoms with Crippen molar-refractivity contribution in [3.63, 3.8) is 0 Å². The van der Waals surface area contributed by atoms with Crippen LogP contribution < -0.4 is 10.2 Å². The summed E-state index contributed by atoms with van der Waals surface area (Å²) in [7, 11) is 0. The van der Waals surface area contributed by atoms with Crippen molar-refractivity contribution < 1.29 is 4.79 Å². The molecule has 0 radical (unpaired) electrons. The van der Waals surface area contributed by atoms with Gasteiger partial charge in [0.25, 0.3) is 0 Å². The second-order valence-corrected chi connectivity index (χ2v) is 6.32. The molecule has 0 spiro atoms. The number of carbonyl (C=O) groups is 1. The highest BCUT2D eigenvalue weighted by atomic mass is 16.2. The predicted molar refractivity (Wildman–Crippen MR) is 86.6 cm³/mol. The average molecular weight is 286 g/mol. The van der Waals surface area contributed by atoms with Crippen molar-refractivity contribution in [2.45, 2.75) is 57.4 Å². The molecular weight excluding hydrogens is 260 g/mol. The Hall–Kier alpha value is -1.35. The van der Waals surface area contributed by atoms with Crippen LogP contribution in [0.15, 0.2) is 24.3 Å². The molecule has 1 unspecified atom stereocenters. The van der Waals surface area contributed by atoms with Gasteiger partial charge in [0.05, 0.1) is 0 Å². The van der Waals surface area contributed by atoms with Gasteiger partial charge in [-0.2, -0.15) is 0 Å². The monoisotopic (exact) mass is 286 g/mol. The summed E-state index contributed by atoms with van der Waals surface area (Å²) in [4.78, 5) is 14.7. The van der Waals surface area contributed by atoms with Gasteiger partial charge in [-0.05, 0) is 56.7 Å². The van der Waals surface area contributed by atoms with E-state index in [1.807, 2.05) is 11.0 Å². The van der Waals surface area contributed by atoms with Crippen molar-refractivity contribution >= 4 is 11.6 Å². The quantitative estimate of drug-likeness (QED) is 0.925. The highest BCUT2D eigenvalue weighted by molar-refractivity contribution is 5.94. The first-order chi connectivity index (χ1) is 10.3. The van der Waals surface area contributed by atoms with E-state index in [0.29, 0.717) is 18.4 Å². The molecule has 114 valence electrons. The number of hydrogen-bond donors (Lipinski definition) is 1. The van der Waals surface area contributed by atoms with Crippen molar-refractivity contribution in [3.05, 3.63) is 29.8 Å². The molecule has 3 heteroatoms. The highest BCUT2D eigenvalue weighted by Gasteiger charge is 2.22. The minimum Gasteiger partial charge on any atom is -0.314 e. The lowest BCUT2D eigenvalue weighted by molar-refractivity contribution is -0.118. The highest BCUT2D eigenvalue weighted by Crippen LogP contribution is 2.27. The largest absolute Gasteiger partial charge is 0.314 e. The molecule has 3 nitrogen and oxygen atoms in total. The molecule has 2 aliphatic rings. The van der Waals surface area contributed by atoms with E-state index >= 15 is 0 Å². The van der Waals surface area contributed by atoms with E-state index < -0.39 is 0 Å². The predicted octanol–water partition coefficient (Wildman–Crippen LogP) is 3.28. The van der Waals surface area contributed by atoms with Gasteiger partial charge in [-0.3, -0.25) is 4.79 Å². The van der Waals surface area contributed by atoms with Crippen LogP contribution in [-0.2, 0) is 11.2 Å². The summed E-state index contributed by atoms with van der Waals surface area (Å²) < 4.78 is 0. The maximum absolute atomic E-state index is 12.7. The van der Waals surface area contributed by atoms with Crippen LogP contribution in [0.5, 0.6) is 0 Å². The Balaban J connectivity index is 1.63.